The molecular weight excluding hydrogens is 498 g/mol. The van der Waals surface area contributed by atoms with Crippen molar-refractivity contribution < 1.29 is 14.2 Å². The topological polar surface area (TPSA) is 51.2 Å². The molecule has 0 aromatic heterocycles. The number of carbonyl (C=O) groups excluding carboxylic acids is 2. The molecule has 0 aliphatic rings. The number of hydrogen-bond acceptors (Lipinski definition) is 3. The lowest BCUT2D eigenvalue weighted by molar-refractivity contribution is 0.103. The van der Waals surface area contributed by atoms with Crippen molar-refractivity contribution in [3.63, 3.8) is 0 Å². The fraction of sp³-hybridized carbons (Fsp3) is 0.231. The molecule has 0 N–H and O–H groups in total. The van der Waals surface area contributed by atoms with Crippen LogP contribution in [-0.4, -0.2) is 11.3 Å². The van der Waals surface area contributed by atoms with Crippen LogP contribution in [0.4, 0.5) is 0 Å². The predicted molar refractivity (Wildman–Crippen MR) is 139 cm³/mol. The fourth-order valence-electron chi connectivity index (χ4n) is 3.70. The van der Waals surface area contributed by atoms with Crippen molar-refractivity contribution in [2.24, 2.45) is 0 Å². The Kier molecular flexibility index (Phi) is 7.61. The van der Waals surface area contributed by atoms with Gasteiger partial charge < -0.3 is 4.57 Å². The van der Waals surface area contributed by atoms with Crippen molar-refractivity contribution in [3.05, 3.63) is 97.0 Å². The molecule has 172 valence electrons. The van der Waals surface area contributed by atoms with E-state index >= 15 is 0 Å². The Hall–Kier alpha value is -1.90. The van der Waals surface area contributed by atoms with E-state index in [1.807, 2.05) is 26.0 Å². The van der Waals surface area contributed by atoms with Gasteiger partial charge in [0.1, 0.15) is 0 Å². The number of benzene rings is 3. The smallest absolute Gasteiger partial charge is 0.223 e. The first-order chi connectivity index (χ1) is 15.3. The average molecular weight is 522 g/mol. The van der Waals surface area contributed by atoms with Crippen LogP contribution in [-0.2, 0) is 9.98 Å². The van der Waals surface area contributed by atoms with Crippen molar-refractivity contribution in [3.8, 4) is 0 Å². The second kappa shape index (κ2) is 9.76. The van der Waals surface area contributed by atoms with E-state index in [0.29, 0.717) is 11.1 Å². The molecular formula is C26H24Cl3O3P. The van der Waals surface area contributed by atoms with Gasteiger partial charge in [0.05, 0.1) is 20.4 Å². The molecule has 3 aromatic rings. The van der Waals surface area contributed by atoms with Crippen LogP contribution in [0.2, 0.25) is 15.1 Å². The Balaban J connectivity index is 2.06. The van der Waals surface area contributed by atoms with Gasteiger partial charge in [0.2, 0.25) is 5.52 Å². The molecule has 3 aromatic carbocycles. The molecule has 7 heteroatoms. The summed E-state index contributed by atoms with van der Waals surface area (Å²) >= 11 is 19.2. The SMILES string of the molecule is Cc1cc(C(C)(C)C)cc(C)c1C(=O)[PH](=O)c1c(Cl)cc(C(=O)c2ccccc2)c(Cl)c1Cl. The molecule has 3 rings (SSSR count). The lowest BCUT2D eigenvalue weighted by Gasteiger charge is -2.22. The number of ketones is 1. The highest BCUT2D eigenvalue weighted by atomic mass is 35.5. The molecule has 0 radical (unpaired) electrons. The molecule has 0 aliphatic heterocycles. The maximum absolute atomic E-state index is 13.4. The van der Waals surface area contributed by atoms with Crippen LogP contribution in [0, 0.1) is 13.8 Å². The molecule has 0 heterocycles. The van der Waals surface area contributed by atoms with Crippen LogP contribution in [0.3, 0.4) is 0 Å². The summed E-state index contributed by atoms with van der Waals surface area (Å²) in [6.45, 7) is 9.91. The highest BCUT2D eigenvalue weighted by Crippen LogP contribution is 2.40. The van der Waals surface area contributed by atoms with Gasteiger partial charge in [0.25, 0.3) is 0 Å². The molecule has 0 bridgehead atoms. The molecule has 0 saturated heterocycles. The number of aryl methyl sites for hydroxylation is 2. The number of rotatable bonds is 5. The first-order valence-corrected chi connectivity index (χ1v) is 12.9. The van der Waals surface area contributed by atoms with E-state index in [4.69, 9.17) is 34.8 Å². The third kappa shape index (κ3) is 5.12. The Morgan fingerprint density at radius 2 is 1.39 bits per heavy atom. The summed E-state index contributed by atoms with van der Waals surface area (Å²) in [5.41, 5.74) is 2.80. The second-order valence-electron chi connectivity index (χ2n) is 9.00. The van der Waals surface area contributed by atoms with Gasteiger partial charge in [-0.25, -0.2) is 0 Å². The number of carbonyl (C=O) groups is 2. The molecule has 1 unspecified atom stereocenters. The van der Waals surface area contributed by atoms with Crippen LogP contribution in [0.25, 0.3) is 0 Å². The summed E-state index contributed by atoms with van der Waals surface area (Å²) in [5.74, 6) is -0.369. The van der Waals surface area contributed by atoms with Gasteiger partial charge in [0.15, 0.2) is 13.6 Å². The average Bonchev–Trinajstić information content (AvgIpc) is 2.75. The summed E-state index contributed by atoms with van der Waals surface area (Å²) in [5, 5.41) is -0.265. The number of hydrogen-bond donors (Lipinski definition) is 0. The third-order valence-corrected chi connectivity index (χ3v) is 8.62. The van der Waals surface area contributed by atoms with E-state index in [9.17, 15) is 14.2 Å². The van der Waals surface area contributed by atoms with Crippen molar-refractivity contribution in [1.82, 2.24) is 0 Å². The molecule has 33 heavy (non-hydrogen) atoms. The summed E-state index contributed by atoms with van der Waals surface area (Å²) in [4.78, 5) is 26.2. The van der Waals surface area contributed by atoms with Crippen molar-refractivity contribution in [1.29, 1.82) is 0 Å². The Morgan fingerprint density at radius 3 is 1.91 bits per heavy atom. The maximum Gasteiger partial charge on any atom is 0.223 e. The van der Waals surface area contributed by atoms with Gasteiger partial charge in [0, 0.05) is 16.7 Å². The summed E-state index contributed by atoms with van der Waals surface area (Å²) in [7, 11) is -3.13. The van der Waals surface area contributed by atoms with Crippen LogP contribution in [0.5, 0.6) is 0 Å². The summed E-state index contributed by atoms with van der Waals surface area (Å²) in [6, 6.07) is 13.7. The standard InChI is InChI=1S/C26H24Cl3O3P/c1-14-11-17(26(3,4)5)12-15(2)20(14)25(31)33(32)24-19(27)13-18(21(28)22(24)29)23(30)16-9-7-6-8-10-16/h6-13,33H,1-5H3. The lowest BCUT2D eigenvalue weighted by atomic mass is 9.84. The molecule has 1 atom stereocenters. The van der Waals surface area contributed by atoms with Gasteiger partial charge in [-0.1, -0.05) is 98.0 Å². The Morgan fingerprint density at radius 1 is 0.848 bits per heavy atom. The normalized spacial score (nSPS) is 12.5. The van der Waals surface area contributed by atoms with E-state index in [1.165, 1.54) is 6.07 Å². The molecule has 0 fully saturated rings. The lowest BCUT2D eigenvalue weighted by Crippen LogP contribution is -2.15. The second-order valence-corrected chi connectivity index (χ2v) is 11.8. The predicted octanol–water partition coefficient (Wildman–Crippen LogP) is 7.82. The van der Waals surface area contributed by atoms with Crippen molar-refractivity contribution in [2.45, 2.75) is 40.0 Å². The highest BCUT2D eigenvalue weighted by molar-refractivity contribution is 7.72. The summed E-state index contributed by atoms with van der Waals surface area (Å²) < 4.78 is 13.4. The van der Waals surface area contributed by atoms with Crippen molar-refractivity contribution >= 4 is 59.2 Å². The van der Waals surface area contributed by atoms with Gasteiger partial charge in [-0.05, 0) is 42.0 Å². The van der Waals surface area contributed by atoms with E-state index in [-0.39, 0.29) is 37.1 Å². The van der Waals surface area contributed by atoms with Gasteiger partial charge in [-0.3, -0.25) is 9.59 Å². The van der Waals surface area contributed by atoms with Crippen LogP contribution in [0.15, 0.2) is 48.5 Å². The quantitative estimate of drug-likeness (QED) is 0.195. The molecule has 0 spiro atoms. The zero-order chi connectivity index (χ0) is 24.7. The van der Waals surface area contributed by atoms with Gasteiger partial charge in [-0.15, -0.1) is 0 Å². The monoisotopic (exact) mass is 520 g/mol. The van der Waals surface area contributed by atoms with Gasteiger partial charge >= 0.3 is 0 Å². The largest absolute Gasteiger partial charge is 0.313 e. The van der Waals surface area contributed by atoms with E-state index < -0.39 is 13.3 Å². The minimum Gasteiger partial charge on any atom is -0.313 e. The molecule has 0 aliphatic carbocycles. The highest BCUT2D eigenvalue weighted by Gasteiger charge is 2.29. The first-order valence-electron chi connectivity index (χ1n) is 10.3. The summed E-state index contributed by atoms with van der Waals surface area (Å²) in [6.07, 6.45) is 0. The minimum atomic E-state index is -3.13. The zero-order valence-electron chi connectivity index (χ0n) is 19.0. The van der Waals surface area contributed by atoms with Crippen LogP contribution < -0.4 is 5.30 Å². The third-order valence-electron chi connectivity index (χ3n) is 5.50. The molecule has 3 nitrogen and oxygen atoms in total. The Labute approximate surface area is 209 Å². The van der Waals surface area contributed by atoms with E-state index in [2.05, 4.69) is 20.8 Å². The first kappa shape index (κ1) is 25.7. The van der Waals surface area contributed by atoms with E-state index in [0.717, 1.165) is 16.7 Å². The van der Waals surface area contributed by atoms with Crippen molar-refractivity contribution in [2.75, 3.05) is 0 Å². The van der Waals surface area contributed by atoms with Gasteiger partial charge in [-0.2, -0.15) is 0 Å². The molecule has 0 saturated carbocycles. The maximum atomic E-state index is 13.4. The number of halogens is 3. The van der Waals surface area contributed by atoms with Crippen LogP contribution >= 0.6 is 42.6 Å². The minimum absolute atomic E-state index is 0.0254. The van der Waals surface area contributed by atoms with Crippen LogP contribution in [0.1, 0.15) is 63.7 Å². The Bertz CT molecular complexity index is 1270. The zero-order valence-corrected chi connectivity index (χ0v) is 22.2. The van der Waals surface area contributed by atoms with E-state index in [1.54, 1.807) is 30.3 Å². The fourth-order valence-corrected chi connectivity index (χ4v) is 6.44. The molecule has 0 amide bonds.